The maximum absolute atomic E-state index is 9.27. The van der Waals surface area contributed by atoms with Crippen molar-refractivity contribution in [2.45, 2.75) is 26.0 Å². The molecule has 4 heteroatoms. The predicted molar refractivity (Wildman–Crippen MR) is 68.3 cm³/mol. The lowest BCUT2D eigenvalue weighted by atomic mass is 10.2. The normalized spacial score (nSPS) is 13.2. The first kappa shape index (κ1) is 11.8. The van der Waals surface area contributed by atoms with Crippen LogP contribution in [-0.4, -0.2) is 15.8 Å². The van der Waals surface area contributed by atoms with Crippen LogP contribution in [0.4, 0.5) is 0 Å². The Balaban J connectivity index is 2.40. The van der Waals surface area contributed by atoms with E-state index in [-0.39, 0.29) is 6.10 Å². The van der Waals surface area contributed by atoms with Gasteiger partial charge in [0.25, 0.3) is 0 Å². The fourth-order valence-corrected chi connectivity index (χ4v) is 2.29. The van der Waals surface area contributed by atoms with E-state index in [0.29, 0.717) is 16.5 Å². The average molecular weight is 258 g/mol. The molecule has 2 aromatic rings. The summed E-state index contributed by atoms with van der Waals surface area (Å²) in [4.78, 5) is 0. The predicted octanol–water partition coefficient (Wildman–Crippen LogP) is 3.72. The summed E-state index contributed by atoms with van der Waals surface area (Å²) in [6, 6.07) is 5.60. The monoisotopic (exact) mass is 257 g/mol. The Hall–Kier alpha value is -0.700. The third-order valence-electron chi connectivity index (χ3n) is 2.59. The van der Waals surface area contributed by atoms with Crippen LogP contribution in [0.3, 0.4) is 0 Å². The van der Waals surface area contributed by atoms with Gasteiger partial charge in [0.2, 0.25) is 0 Å². The topological polar surface area (TPSA) is 25.2 Å². The van der Waals surface area contributed by atoms with Crippen molar-refractivity contribution in [3.05, 3.63) is 34.4 Å². The molecule has 1 unspecified atom stereocenters. The molecule has 0 spiro atoms. The first-order valence-electron chi connectivity index (χ1n) is 5.20. The number of halogens is 2. The second-order valence-electron chi connectivity index (χ2n) is 3.97. The summed E-state index contributed by atoms with van der Waals surface area (Å²) >= 11 is 12.1. The summed E-state index contributed by atoms with van der Waals surface area (Å²) in [5, 5.41) is 11.6. The van der Waals surface area contributed by atoms with Crippen molar-refractivity contribution in [1.29, 1.82) is 0 Å². The summed E-state index contributed by atoms with van der Waals surface area (Å²) < 4.78 is 2.06. The highest BCUT2D eigenvalue weighted by Gasteiger charge is 2.07. The number of rotatable bonds is 3. The molecule has 0 aliphatic rings. The van der Waals surface area contributed by atoms with Crippen LogP contribution >= 0.6 is 23.2 Å². The molecule has 1 atom stereocenters. The van der Waals surface area contributed by atoms with Crippen LogP contribution in [0.5, 0.6) is 0 Å². The zero-order valence-corrected chi connectivity index (χ0v) is 10.5. The molecule has 0 saturated heterocycles. The first-order valence-corrected chi connectivity index (χ1v) is 5.95. The van der Waals surface area contributed by atoms with Crippen molar-refractivity contribution in [3.8, 4) is 0 Å². The summed E-state index contributed by atoms with van der Waals surface area (Å²) in [5.41, 5.74) is 1.01. The third kappa shape index (κ3) is 2.34. The van der Waals surface area contributed by atoms with Gasteiger partial charge in [-0.15, -0.1) is 0 Å². The third-order valence-corrected chi connectivity index (χ3v) is 3.12. The SMILES string of the molecule is CC(O)CCn1ccc2c(Cl)cc(Cl)cc21. The molecule has 2 rings (SSSR count). The van der Waals surface area contributed by atoms with Crippen LogP contribution in [0.2, 0.25) is 10.0 Å². The highest BCUT2D eigenvalue weighted by atomic mass is 35.5. The molecule has 0 fully saturated rings. The van der Waals surface area contributed by atoms with Crippen molar-refractivity contribution in [2.75, 3.05) is 0 Å². The van der Waals surface area contributed by atoms with E-state index in [1.54, 1.807) is 13.0 Å². The molecular formula is C12H13Cl2NO. The molecule has 1 heterocycles. The molecular weight excluding hydrogens is 245 g/mol. The second kappa shape index (κ2) is 4.66. The number of benzene rings is 1. The molecule has 86 valence electrons. The summed E-state index contributed by atoms with van der Waals surface area (Å²) in [6.45, 7) is 2.55. The van der Waals surface area contributed by atoms with E-state index in [2.05, 4.69) is 4.57 Å². The van der Waals surface area contributed by atoms with Crippen LogP contribution in [-0.2, 0) is 6.54 Å². The highest BCUT2D eigenvalue weighted by Crippen LogP contribution is 2.28. The van der Waals surface area contributed by atoms with Gasteiger partial charge in [-0.3, -0.25) is 0 Å². The zero-order chi connectivity index (χ0) is 11.7. The van der Waals surface area contributed by atoms with E-state index in [1.165, 1.54) is 0 Å². The largest absolute Gasteiger partial charge is 0.393 e. The Morgan fingerprint density at radius 1 is 1.38 bits per heavy atom. The molecule has 16 heavy (non-hydrogen) atoms. The summed E-state index contributed by atoms with van der Waals surface area (Å²) in [5.74, 6) is 0. The van der Waals surface area contributed by atoms with E-state index < -0.39 is 0 Å². The van der Waals surface area contributed by atoms with Crippen molar-refractivity contribution >= 4 is 34.1 Å². The van der Waals surface area contributed by atoms with Gasteiger partial charge in [0.05, 0.1) is 16.6 Å². The fourth-order valence-electron chi connectivity index (χ4n) is 1.74. The lowest BCUT2D eigenvalue weighted by molar-refractivity contribution is 0.178. The minimum absolute atomic E-state index is 0.299. The number of aromatic nitrogens is 1. The van der Waals surface area contributed by atoms with E-state index in [4.69, 9.17) is 23.2 Å². The quantitative estimate of drug-likeness (QED) is 0.891. The molecule has 0 amide bonds. The molecule has 2 nitrogen and oxygen atoms in total. The van der Waals surface area contributed by atoms with Gasteiger partial charge in [-0.1, -0.05) is 23.2 Å². The maximum atomic E-state index is 9.27. The molecule has 0 saturated carbocycles. The minimum Gasteiger partial charge on any atom is -0.393 e. The standard InChI is InChI=1S/C12H13Cl2NO/c1-8(16)2-4-15-5-3-10-11(14)6-9(13)7-12(10)15/h3,5-8,16H,2,4H2,1H3. The Kier molecular flexibility index (Phi) is 3.43. The molecule has 0 bridgehead atoms. The smallest absolute Gasteiger partial charge is 0.0529 e. The van der Waals surface area contributed by atoms with Gasteiger partial charge in [-0.25, -0.2) is 0 Å². The van der Waals surface area contributed by atoms with Crippen LogP contribution in [0.25, 0.3) is 10.9 Å². The van der Waals surface area contributed by atoms with Crippen LogP contribution in [0, 0.1) is 0 Å². The van der Waals surface area contributed by atoms with Gasteiger partial charge in [0.15, 0.2) is 0 Å². The number of hydrogen-bond donors (Lipinski definition) is 1. The van der Waals surface area contributed by atoms with Gasteiger partial charge < -0.3 is 9.67 Å². The second-order valence-corrected chi connectivity index (χ2v) is 4.81. The van der Waals surface area contributed by atoms with Gasteiger partial charge in [-0.2, -0.15) is 0 Å². The van der Waals surface area contributed by atoms with Crippen LogP contribution in [0.1, 0.15) is 13.3 Å². The lowest BCUT2D eigenvalue weighted by Gasteiger charge is -2.07. The molecule has 0 aliphatic carbocycles. The van der Waals surface area contributed by atoms with Crippen molar-refractivity contribution < 1.29 is 5.11 Å². The fraction of sp³-hybridized carbons (Fsp3) is 0.333. The Labute approximate surface area is 104 Å². The summed E-state index contributed by atoms with van der Waals surface area (Å²) in [6.07, 6.45) is 2.38. The number of nitrogens with zero attached hydrogens (tertiary/aromatic N) is 1. The van der Waals surface area contributed by atoms with Gasteiger partial charge in [0.1, 0.15) is 0 Å². The Bertz CT molecular complexity index is 505. The van der Waals surface area contributed by atoms with Gasteiger partial charge in [0, 0.05) is 23.2 Å². The Morgan fingerprint density at radius 2 is 2.12 bits per heavy atom. The van der Waals surface area contributed by atoms with Gasteiger partial charge in [-0.05, 0) is 31.5 Å². The highest BCUT2D eigenvalue weighted by molar-refractivity contribution is 6.38. The first-order chi connectivity index (χ1) is 7.58. The molecule has 1 aromatic heterocycles. The number of hydrogen-bond acceptors (Lipinski definition) is 1. The number of aliphatic hydroxyl groups excluding tert-OH is 1. The van der Waals surface area contributed by atoms with Crippen molar-refractivity contribution in [1.82, 2.24) is 4.57 Å². The summed E-state index contributed by atoms with van der Waals surface area (Å²) in [7, 11) is 0. The Morgan fingerprint density at radius 3 is 2.81 bits per heavy atom. The average Bonchev–Trinajstić information content (AvgIpc) is 2.58. The number of aliphatic hydroxyl groups is 1. The minimum atomic E-state index is -0.299. The zero-order valence-electron chi connectivity index (χ0n) is 8.95. The van der Waals surface area contributed by atoms with Crippen molar-refractivity contribution in [3.63, 3.8) is 0 Å². The molecule has 1 N–H and O–H groups in total. The van der Waals surface area contributed by atoms with E-state index in [9.17, 15) is 5.11 Å². The number of fused-ring (bicyclic) bond motifs is 1. The molecule has 0 aliphatic heterocycles. The van der Waals surface area contributed by atoms with E-state index in [1.807, 2.05) is 18.3 Å². The molecule has 1 aromatic carbocycles. The van der Waals surface area contributed by atoms with Gasteiger partial charge >= 0.3 is 0 Å². The lowest BCUT2D eigenvalue weighted by Crippen LogP contribution is -2.05. The maximum Gasteiger partial charge on any atom is 0.0529 e. The number of aryl methyl sites for hydroxylation is 1. The molecule has 0 radical (unpaired) electrons. The van der Waals surface area contributed by atoms with Crippen molar-refractivity contribution in [2.24, 2.45) is 0 Å². The van der Waals surface area contributed by atoms with E-state index >= 15 is 0 Å². The van der Waals surface area contributed by atoms with E-state index in [0.717, 1.165) is 17.4 Å². The van der Waals surface area contributed by atoms with Crippen LogP contribution < -0.4 is 0 Å². The van der Waals surface area contributed by atoms with Crippen LogP contribution in [0.15, 0.2) is 24.4 Å².